The molecule has 1 aromatic carbocycles. The molecule has 24 heavy (non-hydrogen) atoms. The van der Waals surface area contributed by atoms with Crippen LogP contribution in [0.25, 0.3) is 0 Å². The number of nitrogens with one attached hydrogen (secondary N) is 1. The van der Waals surface area contributed by atoms with Crippen LogP contribution in [0.4, 0.5) is 5.82 Å². The van der Waals surface area contributed by atoms with Gasteiger partial charge >= 0.3 is 0 Å². The Morgan fingerprint density at radius 1 is 1.25 bits per heavy atom. The highest BCUT2D eigenvalue weighted by Gasteiger charge is 2.21. The van der Waals surface area contributed by atoms with Gasteiger partial charge in [0.1, 0.15) is 23.1 Å². The summed E-state index contributed by atoms with van der Waals surface area (Å²) in [5, 5.41) is 3.26. The van der Waals surface area contributed by atoms with E-state index in [1.54, 1.807) is 20.1 Å². The molecule has 6 heteroatoms. The molecule has 0 saturated carbocycles. The van der Waals surface area contributed by atoms with E-state index in [0.29, 0.717) is 23.9 Å². The number of para-hydroxylation sites is 1. The molecule has 0 unspecified atom stereocenters. The summed E-state index contributed by atoms with van der Waals surface area (Å²) in [5.74, 6) is 2.04. The molecular formula is C18H22N4O2. The van der Waals surface area contributed by atoms with Crippen LogP contribution in [0.15, 0.2) is 30.3 Å². The molecule has 126 valence electrons. The number of rotatable bonds is 5. The van der Waals surface area contributed by atoms with E-state index >= 15 is 0 Å². The number of aromatic nitrogens is 2. The van der Waals surface area contributed by atoms with Crippen molar-refractivity contribution in [2.24, 2.45) is 0 Å². The molecule has 0 atom stereocenters. The fourth-order valence-corrected chi connectivity index (χ4v) is 2.88. The third kappa shape index (κ3) is 3.64. The molecule has 2 aromatic rings. The van der Waals surface area contributed by atoms with Crippen LogP contribution >= 0.6 is 0 Å². The molecule has 0 radical (unpaired) electrons. The van der Waals surface area contributed by atoms with Gasteiger partial charge in [0, 0.05) is 31.3 Å². The third-order valence-corrected chi connectivity index (χ3v) is 4.10. The number of hydrogen-bond acceptors (Lipinski definition) is 5. The molecule has 3 rings (SSSR count). The molecule has 1 fully saturated rings. The maximum Gasteiger partial charge on any atom is 0.272 e. The minimum atomic E-state index is -0.0154. The maximum atomic E-state index is 12.5. The zero-order valence-corrected chi connectivity index (χ0v) is 14.1. The largest absolute Gasteiger partial charge is 0.496 e. The van der Waals surface area contributed by atoms with Gasteiger partial charge in [-0.05, 0) is 25.8 Å². The fourth-order valence-electron chi connectivity index (χ4n) is 2.88. The van der Waals surface area contributed by atoms with Crippen molar-refractivity contribution in [1.29, 1.82) is 0 Å². The second kappa shape index (κ2) is 7.29. The molecule has 1 aliphatic heterocycles. The van der Waals surface area contributed by atoms with Crippen molar-refractivity contribution in [1.82, 2.24) is 14.9 Å². The molecule has 2 heterocycles. The number of methoxy groups -OCH3 is 1. The molecule has 6 nitrogen and oxygen atoms in total. The van der Waals surface area contributed by atoms with Crippen molar-refractivity contribution in [3.63, 3.8) is 0 Å². The topological polar surface area (TPSA) is 67.3 Å². The van der Waals surface area contributed by atoms with Crippen molar-refractivity contribution < 1.29 is 9.53 Å². The first-order valence-electron chi connectivity index (χ1n) is 8.18. The van der Waals surface area contributed by atoms with E-state index in [0.717, 1.165) is 37.2 Å². The first-order chi connectivity index (χ1) is 11.7. The normalized spacial score (nSPS) is 13.8. The van der Waals surface area contributed by atoms with Gasteiger partial charge in [0.25, 0.3) is 5.91 Å². The maximum absolute atomic E-state index is 12.5. The Balaban J connectivity index is 1.75. The lowest BCUT2D eigenvalue weighted by Crippen LogP contribution is -2.28. The Morgan fingerprint density at radius 3 is 2.75 bits per heavy atom. The fraction of sp³-hybridized carbons (Fsp3) is 0.389. The highest BCUT2D eigenvalue weighted by Crippen LogP contribution is 2.19. The van der Waals surface area contributed by atoms with E-state index in [1.165, 1.54) is 0 Å². The average molecular weight is 326 g/mol. The quantitative estimate of drug-likeness (QED) is 0.915. The number of likely N-dealkylation sites (tertiary alicyclic amines) is 1. The Hall–Kier alpha value is -2.63. The minimum absolute atomic E-state index is 0.0154. The van der Waals surface area contributed by atoms with Gasteiger partial charge < -0.3 is 15.0 Å². The molecule has 1 amide bonds. The number of hydrogen-bond donors (Lipinski definition) is 1. The lowest BCUT2D eigenvalue weighted by molar-refractivity contribution is 0.0786. The van der Waals surface area contributed by atoms with Crippen LogP contribution in [0.3, 0.4) is 0 Å². The summed E-state index contributed by atoms with van der Waals surface area (Å²) < 4.78 is 5.35. The summed E-state index contributed by atoms with van der Waals surface area (Å²) in [6, 6.07) is 9.54. The summed E-state index contributed by atoms with van der Waals surface area (Å²) >= 11 is 0. The molecule has 1 saturated heterocycles. The zero-order valence-electron chi connectivity index (χ0n) is 14.1. The molecule has 0 aliphatic carbocycles. The summed E-state index contributed by atoms with van der Waals surface area (Å²) in [7, 11) is 1.65. The lowest BCUT2D eigenvalue weighted by Gasteiger charge is -2.16. The summed E-state index contributed by atoms with van der Waals surface area (Å²) in [6.45, 7) is 3.99. The Labute approximate surface area is 141 Å². The number of carbonyl (C=O) groups is 1. The number of anilines is 1. The monoisotopic (exact) mass is 326 g/mol. The van der Waals surface area contributed by atoms with E-state index in [2.05, 4.69) is 15.3 Å². The van der Waals surface area contributed by atoms with Crippen LogP contribution < -0.4 is 10.1 Å². The van der Waals surface area contributed by atoms with Crippen molar-refractivity contribution in [2.45, 2.75) is 26.3 Å². The van der Waals surface area contributed by atoms with Gasteiger partial charge in [0.15, 0.2) is 0 Å². The zero-order chi connectivity index (χ0) is 16.9. The van der Waals surface area contributed by atoms with Gasteiger partial charge in [-0.3, -0.25) is 4.79 Å². The van der Waals surface area contributed by atoms with Gasteiger partial charge in [0.05, 0.1) is 7.11 Å². The smallest absolute Gasteiger partial charge is 0.272 e. The molecule has 0 spiro atoms. The van der Waals surface area contributed by atoms with Crippen molar-refractivity contribution >= 4 is 11.7 Å². The molecule has 1 N–H and O–H groups in total. The van der Waals surface area contributed by atoms with E-state index in [9.17, 15) is 4.79 Å². The Kier molecular flexibility index (Phi) is 4.93. The van der Waals surface area contributed by atoms with Crippen LogP contribution in [0.1, 0.15) is 34.7 Å². The molecule has 1 aromatic heterocycles. The predicted octanol–water partition coefficient (Wildman–Crippen LogP) is 2.64. The van der Waals surface area contributed by atoms with Crippen LogP contribution in [-0.4, -0.2) is 41.0 Å². The Morgan fingerprint density at radius 2 is 2.00 bits per heavy atom. The van der Waals surface area contributed by atoms with Crippen LogP contribution in [0.5, 0.6) is 5.75 Å². The number of benzene rings is 1. The van der Waals surface area contributed by atoms with Gasteiger partial charge in [-0.1, -0.05) is 18.2 Å². The summed E-state index contributed by atoms with van der Waals surface area (Å²) in [6.07, 6.45) is 2.13. The van der Waals surface area contributed by atoms with Crippen LogP contribution in [0, 0.1) is 6.92 Å². The van der Waals surface area contributed by atoms with Crippen molar-refractivity contribution in [3.8, 4) is 5.75 Å². The van der Waals surface area contributed by atoms with Gasteiger partial charge in [-0.15, -0.1) is 0 Å². The van der Waals surface area contributed by atoms with E-state index in [1.807, 2.05) is 29.2 Å². The number of aryl methyl sites for hydroxylation is 1. The van der Waals surface area contributed by atoms with Gasteiger partial charge in [-0.2, -0.15) is 0 Å². The van der Waals surface area contributed by atoms with Crippen LogP contribution in [0.2, 0.25) is 0 Å². The minimum Gasteiger partial charge on any atom is -0.496 e. The highest BCUT2D eigenvalue weighted by molar-refractivity contribution is 5.93. The molecule has 0 bridgehead atoms. The van der Waals surface area contributed by atoms with Gasteiger partial charge in [-0.25, -0.2) is 9.97 Å². The number of ether oxygens (including phenoxy) is 1. The third-order valence-electron chi connectivity index (χ3n) is 4.10. The van der Waals surface area contributed by atoms with Crippen molar-refractivity contribution in [3.05, 3.63) is 47.4 Å². The first-order valence-corrected chi connectivity index (χ1v) is 8.18. The number of nitrogens with zero attached hydrogens (tertiary/aromatic N) is 3. The van der Waals surface area contributed by atoms with E-state index < -0.39 is 0 Å². The summed E-state index contributed by atoms with van der Waals surface area (Å²) in [4.78, 5) is 23.0. The van der Waals surface area contributed by atoms with Gasteiger partial charge in [0.2, 0.25) is 0 Å². The first kappa shape index (κ1) is 16.2. The number of carbonyl (C=O) groups excluding carboxylic acids is 1. The highest BCUT2D eigenvalue weighted by atomic mass is 16.5. The van der Waals surface area contributed by atoms with E-state index in [-0.39, 0.29) is 5.91 Å². The van der Waals surface area contributed by atoms with Crippen molar-refractivity contribution in [2.75, 3.05) is 25.5 Å². The lowest BCUT2D eigenvalue weighted by atomic mass is 10.2. The molecule has 1 aliphatic rings. The van der Waals surface area contributed by atoms with Crippen LogP contribution in [-0.2, 0) is 6.54 Å². The second-order valence-electron chi connectivity index (χ2n) is 5.85. The standard InChI is InChI=1S/C18H22N4O2/c1-13-20-15(18(23)22-9-5-6-10-22)11-17(21-13)19-12-14-7-3-4-8-16(14)24-2/h3-4,7-8,11H,5-6,9-10,12H2,1-2H3,(H,19,20,21). The Bertz CT molecular complexity index is 727. The number of amides is 1. The second-order valence-corrected chi connectivity index (χ2v) is 5.85. The average Bonchev–Trinajstić information content (AvgIpc) is 3.13. The SMILES string of the molecule is COc1ccccc1CNc1cc(C(=O)N2CCCC2)nc(C)n1. The predicted molar refractivity (Wildman–Crippen MR) is 92.2 cm³/mol. The molecular weight excluding hydrogens is 304 g/mol. The summed E-state index contributed by atoms with van der Waals surface area (Å²) in [5.41, 5.74) is 1.48. The van der Waals surface area contributed by atoms with E-state index in [4.69, 9.17) is 4.74 Å².